The maximum absolute atomic E-state index is 12.2. The van der Waals surface area contributed by atoms with E-state index in [0.717, 1.165) is 26.2 Å². The fourth-order valence-electron chi connectivity index (χ4n) is 4.04. The molecular weight excluding hydrogens is 328 g/mol. The summed E-state index contributed by atoms with van der Waals surface area (Å²) in [6.07, 6.45) is 3.30. The highest BCUT2D eigenvalue weighted by molar-refractivity contribution is 5.93. The number of rotatable bonds is 5. The first kappa shape index (κ1) is 17.1. The third-order valence-electron chi connectivity index (χ3n) is 5.37. The van der Waals surface area contributed by atoms with Crippen LogP contribution in [0.5, 0.6) is 0 Å². The molecule has 2 fully saturated rings. The number of aryl methyl sites for hydroxylation is 1. The van der Waals surface area contributed by atoms with Crippen molar-refractivity contribution in [2.75, 3.05) is 26.2 Å². The van der Waals surface area contributed by atoms with Crippen molar-refractivity contribution in [3.8, 4) is 0 Å². The van der Waals surface area contributed by atoms with E-state index in [0.29, 0.717) is 23.9 Å². The molecule has 6 heteroatoms. The van der Waals surface area contributed by atoms with Gasteiger partial charge in [0, 0.05) is 38.0 Å². The highest BCUT2D eigenvalue weighted by Crippen LogP contribution is 2.34. The van der Waals surface area contributed by atoms with Crippen molar-refractivity contribution in [1.82, 2.24) is 20.4 Å². The molecular formula is C20H24N4O2. The Kier molecular flexibility index (Phi) is 4.95. The van der Waals surface area contributed by atoms with Gasteiger partial charge in [-0.25, -0.2) is 0 Å². The number of carbonyl (C=O) groups is 1. The molecule has 1 N–H and O–H groups in total. The van der Waals surface area contributed by atoms with E-state index in [1.54, 1.807) is 6.07 Å². The van der Waals surface area contributed by atoms with Gasteiger partial charge in [0.25, 0.3) is 5.91 Å². The van der Waals surface area contributed by atoms with Gasteiger partial charge in [0.05, 0.1) is 30.7 Å². The Morgan fingerprint density at radius 2 is 2.23 bits per heavy atom. The molecule has 2 aromatic rings. The molecule has 0 aliphatic carbocycles. The molecule has 4 rings (SSSR count). The van der Waals surface area contributed by atoms with Gasteiger partial charge in [0.2, 0.25) is 0 Å². The maximum atomic E-state index is 12.2. The normalized spacial score (nSPS) is 25.2. The summed E-state index contributed by atoms with van der Waals surface area (Å²) < 4.78 is 6.00. The van der Waals surface area contributed by atoms with Gasteiger partial charge in [-0.05, 0) is 18.6 Å². The number of amides is 1. The summed E-state index contributed by atoms with van der Waals surface area (Å²) in [6, 6.07) is 10.3. The van der Waals surface area contributed by atoms with Crippen LogP contribution in [-0.2, 0) is 11.3 Å². The monoisotopic (exact) mass is 352 g/mol. The Balaban J connectivity index is 1.31. The molecule has 1 aromatic carbocycles. The lowest BCUT2D eigenvalue weighted by Gasteiger charge is -2.20. The summed E-state index contributed by atoms with van der Waals surface area (Å²) in [5.74, 6) is 0.745. The van der Waals surface area contributed by atoms with E-state index in [-0.39, 0.29) is 12.0 Å². The van der Waals surface area contributed by atoms with Crippen LogP contribution < -0.4 is 5.32 Å². The van der Waals surface area contributed by atoms with Crippen LogP contribution in [0.2, 0.25) is 0 Å². The lowest BCUT2D eigenvalue weighted by Crippen LogP contribution is -2.34. The standard InChI is InChI=1S/C20H24N4O2/c1-14-3-2-4-15(7-14)10-24-11-18-17(13-26-19(18)12-24)8-21-20(25)16-5-6-22-23-9-16/h2-7,9,17-19H,8,10-13H2,1H3,(H,21,25)/t17-,18+,19+/m1/s1. The van der Waals surface area contributed by atoms with Crippen LogP contribution in [0.4, 0.5) is 0 Å². The molecule has 3 atom stereocenters. The van der Waals surface area contributed by atoms with Crippen LogP contribution in [0.3, 0.4) is 0 Å². The SMILES string of the molecule is Cc1cccc(CN2C[C@H]3[C@H](CNC(=O)c4ccnnc4)CO[C@H]3C2)c1. The highest BCUT2D eigenvalue weighted by atomic mass is 16.5. The number of nitrogens with one attached hydrogen (secondary N) is 1. The second kappa shape index (κ2) is 7.51. The summed E-state index contributed by atoms with van der Waals surface area (Å²) in [5.41, 5.74) is 3.19. The number of likely N-dealkylation sites (tertiary alicyclic amines) is 1. The van der Waals surface area contributed by atoms with E-state index in [2.05, 4.69) is 51.6 Å². The van der Waals surface area contributed by atoms with Crippen molar-refractivity contribution in [3.63, 3.8) is 0 Å². The third-order valence-corrected chi connectivity index (χ3v) is 5.37. The molecule has 0 radical (unpaired) electrons. The van der Waals surface area contributed by atoms with E-state index in [9.17, 15) is 4.79 Å². The molecule has 6 nitrogen and oxygen atoms in total. The van der Waals surface area contributed by atoms with Crippen LogP contribution in [0.25, 0.3) is 0 Å². The molecule has 3 heterocycles. The average Bonchev–Trinajstić information content (AvgIpc) is 3.21. The van der Waals surface area contributed by atoms with Crippen molar-refractivity contribution in [2.24, 2.45) is 11.8 Å². The predicted molar refractivity (Wildman–Crippen MR) is 97.5 cm³/mol. The lowest BCUT2D eigenvalue weighted by atomic mass is 9.93. The van der Waals surface area contributed by atoms with Crippen LogP contribution >= 0.6 is 0 Å². The van der Waals surface area contributed by atoms with Crippen molar-refractivity contribution in [1.29, 1.82) is 0 Å². The molecule has 0 spiro atoms. The summed E-state index contributed by atoms with van der Waals surface area (Å²) in [4.78, 5) is 14.7. The predicted octanol–water partition coefficient (Wildman–Crippen LogP) is 1.66. The second-order valence-electron chi connectivity index (χ2n) is 7.32. The second-order valence-corrected chi connectivity index (χ2v) is 7.32. The number of nitrogens with zero attached hydrogens (tertiary/aromatic N) is 3. The minimum absolute atomic E-state index is 0.0991. The third kappa shape index (κ3) is 3.76. The molecule has 2 saturated heterocycles. The maximum Gasteiger partial charge on any atom is 0.252 e. The summed E-state index contributed by atoms with van der Waals surface area (Å²) in [5, 5.41) is 10.5. The number of benzene rings is 1. The summed E-state index contributed by atoms with van der Waals surface area (Å²) in [7, 11) is 0. The first-order valence-corrected chi connectivity index (χ1v) is 9.13. The number of ether oxygens (including phenoxy) is 1. The number of hydrogen-bond acceptors (Lipinski definition) is 5. The van der Waals surface area contributed by atoms with Gasteiger partial charge >= 0.3 is 0 Å². The topological polar surface area (TPSA) is 67.4 Å². The highest BCUT2D eigenvalue weighted by Gasteiger charge is 2.43. The van der Waals surface area contributed by atoms with E-state index in [1.807, 2.05) is 0 Å². The lowest BCUT2D eigenvalue weighted by molar-refractivity contribution is 0.0903. The van der Waals surface area contributed by atoms with E-state index >= 15 is 0 Å². The van der Waals surface area contributed by atoms with Gasteiger partial charge in [-0.3, -0.25) is 9.69 Å². The van der Waals surface area contributed by atoms with Crippen LogP contribution in [0.1, 0.15) is 21.5 Å². The number of fused-ring (bicyclic) bond motifs is 1. The zero-order valence-electron chi connectivity index (χ0n) is 15.0. The van der Waals surface area contributed by atoms with Gasteiger partial charge < -0.3 is 10.1 Å². The Morgan fingerprint density at radius 3 is 3.04 bits per heavy atom. The minimum atomic E-state index is -0.0991. The van der Waals surface area contributed by atoms with Crippen molar-refractivity contribution >= 4 is 5.91 Å². The molecule has 2 aliphatic heterocycles. The molecule has 1 amide bonds. The Labute approximate surface area is 153 Å². The Morgan fingerprint density at radius 1 is 1.31 bits per heavy atom. The zero-order valence-corrected chi connectivity index (χ0v) is 15.0. The van der Waals surface area contributed by atoms with Crippen molar-refractivity contribution in [3.05, 3.63) is 59.4 Å². The fraction of sp³-hybridized carbons (Fsp3) is 0.450. The molecule has 0 bridgehead atoms. The Bertz CT molecular complexity index is 767. The van der Waals surface area contributed by atoms with Gasteiger partial charge in [0.1, 0.15) is 0 Å². The van der Waals surface area contributed by atoms with E-state index < -0.39 is 0 Å². The van der Waals surface area contributed by atoms with Crippen molar-refractivity contribution in [2.45, 2.75) is 19.6 Å². The first-order valence-electron chi connectivity index (χ1n) is 9.13. The van der Waals surface area contributed by atoms with E-state index in [4.69, 9.17) is 4.74 Å². The molecule has 0 unspecified atom stereocenters. The van der Waals surface area contributed by atoms with Gasteiger partial charge in [-0.1, -0.05) is 29.8 Å². The molecule has 1 aromatic heterocycles. The number of carbonyl (C=O) groups excluding carboxylic acids is 1. The zero-order chi connectivity index (χ0) is 17.9. The average molecular weight is 352 g/mol. The molecule has 2 aliphatic rings. The van der Waals surface area contributed by atoms with Gasteiger partial charge in [-0.15, -0.1) is 0 Å². The van der Waals surface area contributed by atoms with Crippen LogP contribution in [0, 0.1) is 18.8 Å². The molecule has 136 valence electrons. The first-order chi connectivity index (χ1) is 12.7. The summed E-state index contributed by atoms with van der Waals surface area (Å²) in [6.45, 7) is 6.44. The van der Waals surface area contributed by atoms with Crippen molar-refractivity contribution < 1.29 is 9.53 Å². The van der Waals surface area contributed by atoms with E-state index in [1.165, 1.54) is 23.5 Å². The number of aromatic nitrogens is 2. The van der Waals surface area contributed by atoms with Gasteiger partial charge in [-0.2, -0.15) is 10.2 Å². The van der Waals surface area contributed by atoms with Crippen LogP contribution in [-0.4, -0.2) is 53.3 Å². The number of hydrogen-bond donors (Lipinski definition) is 1. The van der Waals surface area contributed by atoms with Gasteiger partial charge in [0.15, 0.2) is 0 Å². The minimum Gasteiger partial charge on any atom is -0.376 e. The smallest absolute Gasteiger partial charge is 0.252 e. The fourth-order valence-corrected chi connectivity index (χ4v) is 4.04. The molecule has 0 saturated carbocycles. The largest absolute Gasteiger partial charge is 0.376 e. The Hall–Kier alpha value is -2.31. The summed E-state index contributed by atoms with van der Waals surface area (Å²) >= 11 is 0. The quantitative estimate of drug-likeness (QED) is 0.886. The van der Waals surface area contributed by atoms with Crippen LogP contribution in [0.15, 0.2) is 42.7 Å². The molecule has 26 heavy (non-hydrogen) atoms.